The second kappa shape index (κ2) is 2.91. The normalized spacial score (nSPS) is 13.0. The highest BCUT2D eigenvalue weighted by atomic mass is 127. The van der Waals surface area contributed by atoms with Gasteiger partial charge in [-0.15, -0.1) is 0 Å². The smallest absolute Gasteiger partial charge is 0.269 e. The van der Waals surface area contributed by atoms with Crippen molar-refractivity contribution < 1.29 is 4.79 Å². The summed E-state index contributed by atoms with van der Waals surface area (Å²) in [7, 11) is -1.01. The van der Waals surface area contributed by atoms with E-state index in [-0.39, 0.29) is 5.24 Å². The first-order chi connectivity index (χ1) is 3.48. The summed E-state index contributed by atoms with van der Waals surface area (Å²) in [5, 5.41) is 0.151. The third-order valence-corrected chi connectivity index (χ3v) is 2.70. The first-order valence-corrected chi connectivity index (χ1v) is 6.01. The van der Waals surface area contributed by atoms with Crippen LogP contribution in [0.25, 0.3) is 0 Å². The highest BCUT2D eigenvalue weighted by Gasteiger charge is 2.12. The molecule has 0 radical (unpaired) electrons. The zero-order chi connectivity index (χ0) is 6.78. The molecule has 50 valence electrons. The summed E-state index contributed by atoms with van der Waals surface area (Å²) >= 11 is 1.86. The van der Waals surface area contributed by atoms with Gasteiger partial charge in [0.1, 0.15) is 0 Å². The van der Waals surface area contributed by atoms with Gasteiger partial charge in [-0.3, -0.25) is 8.32 Å². The van der Waals surface area contributed by atoms with Crippen LogP contribution in [0.1, 0.15) is 0 Å². The molecule has 0 spiro atoms. The standard InChI is InChI=1S/C4H10INOS/c1-8(2,3)4(7)6-5/h1-3H3,(H,6,7). The van der Waals surface area contributed by atoms with E-state index in [0.717, 1.165) is 0 Å². The van der Waals surface area contributed by atoms with E-state index >= 15 is 0 Å². The van der Waals surface area contributed by atoms with Gasteiger partial charge in [-0.05, 0) is 18.8 Å². The summed E-state index contributed by atoms with van der Waals surface area (Å²) in [5.41, 5.74) is 0. The molecule has 4 heteroatoms. The molecular weight excluding hydrogens is 237 g/mol. The molecule has 0 fully saturated rings. The molecule has 0 saturated heterocycles. The molecule has 0 aromatic rings. The van der Waals surface area contributed by atoms with Crippen molar-refractivity contribution in [3.63, 3.8) is 0 Å². The lowest BCUT2D eigenvalue weighted by Crippen LogP contribution is -2.15. The van der Waals surface area contributed by atoms with Gasteiger partial charge in [-0.2, -0.15) is 10.0 Å². The van der Waals surface area contributed by atoms with E-state index in [9.17, 15) is 4.79 Å². The quantitative estimate of drug-likeness (QED) is 0.512. The molecule has 2 nitrogen and oxygen atoms in total. The fourth-order valence-electron chi connectivity index (χ4n) is 0.116. The van der Waals surface area contributed by atoms with Gasteiger partial charge < -0.3 is 0 Å². The van der Waals surface area contributed by atoms with Gasteiger partial charge in [-0.1, -0.05) is 0 Å². The van der Waals surface area contributed by atoms with E-state index in [4.69, 9.17) is 0 Å². The average Bonchev–Trinajstić information content (AvgIpc) is 1.62. The van der Waals surface area contributed by atoms with Gasteiger partial charge in [0.05, 0.1) is 22.9 Å². The monoisotopic (exact) mass is 247 g/mol. The second-order valence-corrected chi connectivity index (χ2v) is 6.80. The number of nitrogens with one attached hydrogen (secondary N) is 1. The minimum Gasteiger partial charge on any atom is -0.291 e. The van der Waals surface area contributed by atoms with Crippen LogP contribution in [0.15, 0.2) is 0 Å². The number of halogens is 1. The highest BCUT2D eigenvalue weighted by molar-refractivity contribution is 14.1. The van der Waals surface area contributed by atoms with Crippen LogP contribution in [0, 0.1) is 0 Å². The van der Waals surface area contributed by atoms with Crippen molar-refractivity contribution in [3.8, 4) is 0 Å². The lowest BCUT2D eigenvalue weighted by Gasteiger charge is -2.20. The lowest BCUT2D eigenvalue weighted by molar-refractivity contribution is 0.265. The molecule has 0 rings (SSSR count). The van der Waals surface area contributed by atoms with E-state index in [1.54, 1.807) is 0 Å². The molecule has 1 N–H and O–H groups in total. The molecule has 8 heavy (non-hydrogen) atoms. The molecule has 1 amide bonds. The van der Waals surface area contributed by atoms with Gasteiger partial charge in [0.2, 0.25) is 0 Å². The lowest BCUT2D eigenvalue weighted by atomic mass is 11.4. The average molecular weight is 247 g/mol. The van der Waals surface area contributed by atoms with Gasteiger partial charge in [0.25, 0.3) is 5.24 Å². The first-order valence-electron chi connectivity index (χ1n) is 2.07. The van der Waals surface area contributed by atoms with Gasteiger partial charge >= 0.3 is 0 Å². The molecule has 0 aliphatic heterocycles. The van der Waals surface area contributed by atoms with Crippen molar-refractivity contribution in [2.75, 3.05) is 18.8 Å². The molecule has 0 bridgehead atoms. The van der Waals surface area contributed by atoms with Crippen molar-refractivity contribution in [2.24, 2.45) is 0 Å². The minimum atomic E-state index is -1.01. The van der Waals surface area contributed by atoms with Crippen LogP contribution >= 0.6 is 32.9 Å². The third-order valence-electron chi connectivity index (χ3n) is 0.633. The van der Waals surface area contributed by atoms with Crippen molar-refractivity contribution >= 4 is 38.1 Å². The zero-order valence-electron chi connectivity index (χ0n) is 5.19. The molecule has 0 unspecified atom stereocenters. The van der Waals surface area contributed by atoms with Crippen molar-refractivity contribution in [1.82, 2.24) is 3.53 Å². The predicted molar refractivity (Wildman–Crippen MR) is 47.9 cm³/mol. The Morgan fingerprint density at radius 1 is 1.50 bits per heavy atom. The molecule has 0 atom stereocenters. The van der Waals surface area contributed by atoms with Crippen LogP contribution in [0.3, 0.4) is 0 Å². The fourth-order valence-corrected chi connectivity index (χ4v) is 2.33. The van der Waals surface area contributed by atoms with Crippen LogP contribution in [0.4, 0.5) is 4.79 Å². The summed E-state index contributed by atoms with van der Waals surface area (Å²) < 4.78 is 2.57. The third kappa shape index (κ3) is 2.76. The van der Waals surface area contributed by atoms with Gasteiger partial charge in [-0.25, -0.2) is 0 Å². The largest absolute Gasteiger partial charge is 0.291 e. The second-order valence-electron chi connectivity index (χ2n) is 2.22. The number of hydrogen-bond donors (Lipinski definition) is 1. The summed E-state index contributed by atoms with van der Waals surface area (Å²) in [6, 6.07) is 0. The summed E-state index contributed by atoms with van der Waals surface area (Å²) in [6.07, 6.45) is 5.88. The number of carbonyl (C=O) groups excluding carboxylic acids is 1. The predicted octanol–water partition coefficient (Wildman–Crippen LogP) is 1.74. The van der Waals surface area contributed by atoms with E-state index in [2.05, 4.69) is 3.53 Å². The Bertz CT molecular complexity index is 98.7. The molecule has 0 aromatic heterocycles. The Balaban J connectivity index is 3.82. The van der Waals surface area contributed by atoms with Crippen LogP contribution in [-0.2, 0) is 0 Å². The highest BCUT2D eigenvalue weighted by Crippen LogP contribution is 2.35. The van der Waals surface area contributed by atoms with Crippen molar-refractivity contribution in [3.05, 3.63) is 0 Å². The summed E-state index contributed by atoms with van der Waals surface area (Å²) in [5.74, 6) is 0. The zero-order valence-corrected chi connectivity index (χ0v) is 8.17. The maximum Gasteiger partial charge on any atom is 0.269 e. The van der Waals surface area contributed by atoms with Crippen molar-refractivity contribution in [2.45, 2.75) is 0 Å². The number of hydrogen-bond acceptors (Lipinski definition) is 1. The number of amides is 1. The fraction of sp³-hybridized carbons (Fsp3) is 0.750. The van der Waals surface area contributed by atoms with E-state index in [0.29, 0.717) is 0 Å². The molecular formula is C4H10INOS. The van der Waals surface area contributed by atoms with Crippen LogP contribution in [-0.4, -0.2) is 24.0 Å². The SMILES string of the molecule is CS(C)(C)C(=O)NI. The minimum absolute atomic E-state index is 0.151. The van der Waals surface area contributed by atoms with E-state index in [1.807, 2.05) is 41.6 Å². The van der Waals surface area contributed by atoms with E-state index in [1.165, 1.54) is 0 Å². The number of rotatable bonds is 0. The maximum atomic E-state index is 10.8. The Labute approximate surface area is 65.2 Å². The molecule has 0 aromatic carbocycles. The molecule has 0 saturated carbocycles. The van der Waals surface area contributed by atoms with Gasteiger partial charge in [0.15, 0.2) is 0 Å². The Morgan fingerprint density at radius 2 is 1.88 bits per heavy atom. The van der Waals surface area contributed by atoms with E-state index < -0.39 is 10.0 Å². The van der Waals surface area contributed by atoms with Crippen LogP contribution < -0.4 is 3.53 Å². The summed E-state index contributed by atoms with van der Waals surface area (Å²) in [6.45, 7) is 0. The van der Waals surface area contributed by atoms with Crippen LogP contribution in [0.5, 0.6) is 0 Å². The Morgan fingerprint density at radius 3 is 1.88 bits per heavy atom. The van der Waals surface area contributed by atoms with Crippen molar-refractivity contribution in [1.29, 1.82) is 0 Å². The topological polar surface area (TPSA) is 29.1 Å². The Kier molecular flexibility index (Phi) is 3.11. The number of carbonyl (C=O) groups is 1. The maximum absolute atomic E-state index is 10.8. The summed E-state index contributed by atoms with van der Waals surface area (Å²) in [4.78, 5) is 10.8. The Hall–Kier alpha value is 0.550. The molecule has 0 aliphatic carbocycles. The molecule has 0 aliphatic rings. The molecule has 0 heterocycles. The van der Waals surface area contributed by atoms with Crippen LogP contribution in [0.2, 0.25) is 0 Å². The first kappa shape index (κ1) is 8.55. The van der Waals surface area contributed by atoms with Gasteiger partial charge in [0, 0.05) is 0 Å².